The molecule has 3 N–H and O–H groups in total. The third kappa shape index (κ3) is 3.68. The van der Waals surface area contributed by atoms with Crippen LogP contribution >= 0.6 is 36.0 Å². The Hall–Kier alpha value is -1.93. The molecule has 2 aromatic carbocycles. The minimum Gasteiger partial charge on any atom is -0.454 e. The molecule has 0 bridgehead atoms. The second-order valence-electron chi connectivity index (χ2n) is 6.96. The summed E-state index contributed by atoms with van der Waals surface area (Å²) in [6.45, 7) is 1.82. The second kappa shape index (κ2) is 8.44. The van der Waals surface area contributed by atoms with E-state index in [2.05, 4.69) is 28.1 Å². The number of thiocarbonyl (C=S) groups is 2. The number of rotatable bonds is 3. The molecule has 0 saturated heterocycles. The van der Waals surface area contributed by atoms with Crippen LogP contribution in [-0.2, 0) is 6.42 Å². The van der Waals surface area contributed by atoms with Crippen LogP contribution in [0.25, 0.3) is 0 Å². The van der Waals surface area contributed by atoms with Gasteiger partial charge in [-0.15, -0.1) is 0 Å². The molecule has 2 aliphatic rings. The smallest absolute Gasteiger partial charge is 0.231 e. The van der Waals surface area contributed by atoms with Crippen LogP contribution in [0.3, 0.4) is 0 Å². The van der Waals surface area contributed by atoms with E-state index in [0.717, 1.165) is 47.3 Å². The van der Waals surface area contributed by atoms with Crippen molar-refractivity contribution in [1.82, 2.24) is 16.0 Å². The van der Waals surface area contributed by atoms with E-state index in [0.29, 0.717) is 26.5 Å². The van der Waals surface area contributed by atoms with Crippen molar-refractivity contribution >= 4 is 46.0 Å². The lowest BCUT2D eigenvalue weighted by molar-refractivity contribution is 0.174. The van der Waals surface area contributed by atoms with Crippen LogP contribution in [0.1, 0.15) is 33.7 Å². The van der Waals surface area contributed by atoms with Crippen molar-refractivity contribution < 1.29 is 9.47 Å². The zero-order valence-corrected chi connectivity index (χ0v) is 18.6. The molecule has 2 aliphatic heterocycles. The lowest BCUT2D eigenvalue weighted by Gasteiger charge is -2.23. The zero-order chi connectivity index (χ0) is 20.5. The summed E-state index contributed by atoms with van der Waals surface area (Å²) in [5, 5.41) is 10.3. The Balaban J connectivity index is 1.88. The molecule has 1 unspecified atom stereocenters. The monoisotopic (exact) mass is 447 g/mol. The molecule has 0 aromatic heterocycles. The van der Waals surface area contributed by atoms with Crippen LogP contribution in [-0.4, -0.2) is 44.0 Å². The van der Waals surface area contributed by atoms with Crippen molar-refractivity contribution in [1.29, 1.82) is 0 Å². The molecule has 29 heavy (non-hydrogen) atoms. The molecule has 5 nitrogen and oxygen atoms in total. The first kappa shape index (κ1) is 20.3. The van der Waals surface area contributed by atoms with Gasteiger partial charge in [0.2, 0.25) is 6.79 Å². The first-order chi connectivity index (χ1) is 14.0. The van der Waals surface area contributed by atoms with Gasteiger partial charge in [-0.1, -0.05) is 48.2 Å². The number of hydrogen-bond acceptors (Lipinski definition) is 5. The fraction of sp³-hybridized carbons (Fsp3) is 0.333. The van der Waals surface area contributed by atoms with Crippen LogP contribution in [0.15, 0.2) is 24.3 Å². The summed E-state index contributed by atoms with van der Waals surface area (Å²) in [4.78, 5) is 1.36. The standard InChI is InChI=1S/C21H22ClN3O2S2/c1-23-20(28)11-3-4-12(15(7-11)21(29)24-2)16-9-25-6-5-13-14(16)8-17-19(18(13)22)27-10-26-17/h3-4,7-8,16,25H,5-6,9-10H2,1-2H3,(H,23,28)(H,24,29). The van der Waals surface area contributed by atoms with Crippen LogP contribution < -0.4 is 25.4 Å². The van der Waals surface area contributed by atoms with E-state index in [1.807, 2.05) is 26.2 Å². The van der Waals surface area contributed by atoms with Crippen LogP contribution in [0, 0.1) is 0 Å². The third-order valence-electron chi connectivity index (χ3n) is 5.41. The Labute approximate surface area is 186 Å². The number of fused-ring (bicyclic) bond motifs is 2. The Morgan fingerprint density at radius 3 is 2.66 bits per heavy atom. The van der Waals surface area contributed by atoms with Gasteiger partial charge in [0.05, 0.1) is 5.02 Å². The van der Waals surface area contributed by atoms with Gasteiger partial charge in [0.1, 0.15) is 9.98 Å². The average molecular weight is 448 g/mol. The molecule has 0 aliphatic carbocycles. The normalized spacial score (nSPS) is 17.3. The summed E-state index contributed by atoms with van der Waals surface area (Å²) in [5.74, 6) is 1.41. The maximum absolute atomic E-state index is 6.72. The van der Waals surface area contributed by atoms with Gasteiger partial charge in [-0.2, -0.15) is 0 Å². The average Bonchev–Trinajstić information content (AvgIpc) is 3.12. The van der Waals surface area contributed by atoms with Crippen LogP contribution in [0.4, 0.5) is 0 Å². The molecule has 0 spiro atoms. The van der Waals surface area contributed by atoms with Crippen LogP contribution in [0.2, 0.25) is 5.02 Å². The number of ether oxygens (including phenoxy) is 2. The zero-order valence-electron chi connectivity index (χ0n) is 16.2. The maximum atomic E-state index is 6.72. The minimum absolute atomic E-state index is 0.0676. The van der Waals surface area contributed by atoms with E-state index in [1.165, 1.54) is 0 Å². The highest BCUT2D eigenvalue weighted by Gasteiger charge is 2.30. The van der Waals surface area contributed by atoms with Crippen LogP contribution in [0.5, 0.6) is 11.5 Å². The maximum Gasteiger partial charge on any atom is 0.231 e. The highest BCUT2D eigenvalue weighted by atomic mass is 35.5. The molecule has 0 fully saturated rings. The van der Waals surface area contributed by atoms with E-state index < -0.39 is 0 Å². The fourth-order valence-electron chi connectivity index (χ4n) is 3.95. The lowest BCUT2D eigenvalue weighted by atomic mass is 9.84. The van der Waals surface area contributed by atoms with E-state index >= 15 is 0 Å². The van der Waals surface area contributed by atoms with Gasteiger partial charge in [0.15, 0.2) is 11.5 Å². The summed E-state index contributed by atoms with van der Waals surface area (Å²) in [5.41, 5.74) is 5.27. The lowest BCUT2D eigenvalue weighted by Crippen LogP contribution is -2.26. The predicted molar refractivity (Wildman–Crippen MR) is 124 cm³/mol. The van der Waals surface area contributed by atoms with Crippen molar-refractivity contribution in [2.24, 2.45) is 0 Å². The number of benzene rings is 2. The molecular formula is C21H22ClN3O2S2. The summed E-state index contributed by atoms with van der Waals surface area (Å²) >= 11 is 17.8. The van der Waals surface area contributed by atoms with Gasteiger partial charge in [-0.25, -0.2) is 0 Å². The molecule has 4 rings (SSSR count). The third-order valence-corrected chi connectivity index (χ3v) is 6.67. The quantitative estimate of drug-likeness (QED) is 0.625. The van der Waals surface area contributed by atoms with Crippen molar-refractivity contribution in [3.8, 4) is 11.5 Å². The highest BCUT2D eigenvalue weighted by molar-refractivity contribution is 7.81. The van der Waals surface area contributed by atoms with Crippen molar-refractivity contribution in [2.75, 3.05) is 34.0 Å². The van der Waals surface area contributed by atoms with E-state index in [-0.39, 0.29) is 12.7 Å². The van der Waals surface area contributed by atoms with E-state index in [9.17, 15) is 0 Å². The Morgan fingerprint density at radius 2 is 1.90 bits per heavy atom. The van der Waals surface area contributed by atoms with Gasteiger partial charge < -0.3 is 25.4 Å². The molecule has 0 radical (unpaired) electrons. The molecule has 1 atom stereocenters. The molecular weight excluding hydrogens is 426 g/mol. The van der Waals surface area contributed by atoms with Crippen molar-refractivity contribution in [2.45, 2.75) is 12.3 Å². The molecule has 152 valence electrons. The van der Waals surface area contributed by atoms with E-state index in [1.54, 1.807) is 0 Å². The van der Waals surface area contributed by atoms with Gasteiger partial charge in [-0.3, -0.25) is 0 Å². The Bertz CT molecular complexity index is 996. The predicted octanol–water partition coefficient (Wildman–Crippen LogP) is 3.14. The van der Waals surface area contributed by atoms with Gasteiger partial charge >= 0.3 is 0 Å². The minimum atomic E-state index is 0.0676. The summed E-state index contributed by atoms with van der Waals surface area (Å²) in [6.07, 6.45) is 0.828. The molecule has 8 heteroatoms. The second-order valence-corrected chi connectivity index (χ2v) is 8.15. The summed E-state index contributed by atoms with van der Waals surface area (Å²) in [7, 11) is 3.66. The number of hydrogen-bond donors (Lipinski definition) is 3. The van der Waals surface area contributed by atoms with Gasteiger partial charge in [0.25, 0.3) is 0 Å². The Kier molecular flexibility index (Phi) is 5.92. The molecule has 0 amide bonds. The van der Waals surface area contributed by atoms with Crippen molar-refractivity contribution in [3.05, 3.63) is 57.1 Å². The topological polar surface area (TPSA) is 54.5 Å². The molecule has 0 saturated carbocycles. The van der Waals surface area contributed by atoms with E-state index in [4.69, 9.17) is 45.5 Å². The first-order valence-corrected chi connectivity index (χ1v) is 10.6. The van der Waals surface area contributed by atoms with Gasteiger partial charge in [-0.05, 0) is 41.8 Å². The SMILES string of the molecule is CNC(=S)c1ccc(C2CNCCc3c2cc2c(c3Cl)OCO2)c(C(=S)NC)c1. The van der Waals surface area contributed by atoms with Gasteiger partial charge in [0, 0.05) is 37.7 Å². The highest BCUT2D eigenvalue weighted by Crippen LogP contribution is 2.46. The molecule has 2 aromatic rings. The van der Waals surface area contributed by atoms with Crippen molar-refractivity contribution in [3.63, 3.8) is 0 Å². The molecule has 2 heterocycles. The summed E-state index contributed by atoms with van der Waals surface area (Å²) < 4.78 is 11.2. The first-order valence-electron chi connectivity index (χ1n) is 9.44. The summed E-state index contributed by atoms with van der Waals surface area (Å²) in [6, 6.07) is 8.26. The fourth-order valence-corrected chi connectivity index (χ4v) is 4.60. The number of nitrogens with one attached hydrogen (secondary N) is 3. The number of halogens is 1. The Morgan fingerprint density at radius 1 is 1.10 bits per heavy atom. The largest absolute Gasteiger partial charge is 0.454 e.